The van der Waals surface area contributed by atoms with Crippen LogP contribution in [0.25, 0.3) is 11.0 Å². The molecular formula is C18H18IN3O4. The molecule has 1 heterocycles. The molecule has 1 aromatic heterocycles. The maximum absolute atomic E-state index is 12.7. The largest absolute Gasteiger partial charge is 0.493 e. The molecule has 0 aliphatic rings. The Morgan fingerprint density at radius 3 is 2.27 bits per heavy atom. The standard InChI is InChI=1S/C18H18IN3O4/c1-21-13-6-5-10(7-14(13)22(2)18(21)24)20-17(23)11-8-15(25-3)16(26-4)9-12(11)19/h5-9H,1-4H3,(H,20,23). The summed E-state index contributed by atoms with van der Waals surface area (Å²) in [5, 5.41) is 2.87. The Morgan fingerprint density at radius 1 is 1.00 bits per heavy atom. The lowest BCUT2D eigenvalue weighted by Gasteiger charge is -2.12. The lowest BCUT2D eigenvalue weighted by Crippen LogP contribution is -2.19. The van der Waals surface area contributed by atoms with E-state index in [-0.39, 0.29) is 11.6 Å². The second kappa shape index (κ2) is 7.02. The molecule has 0 spiro atoms. The van der Waals surface area contributed by atoms with Crippen LogP contribution >= 0.6 is 22.6 Å². The fraction of sp³-hybridized carbons (Fsp3) is 0.222. The normalized spacial score (nSPS) is 10.8. The number of benzene rings is 2. The van der Waals surface area contributed by atoms with E-state index in [0.29, 0.717) is 22.7 Å². The van der Waals surface area contributed by atoms with E-state index >= 15 is 0 Å². The van der Waals surface area contributed by atoms with Gasteiger partial charge in [0.1, 0.15) is 0 Å². The molecular weight excluding hydrogens is 449 g/mol. The Hall–Kier alpha value is -2.49. The molecule has 3 rings (SSSR count). The molecule has 0 aliphatic heterocycles. The fourth-order valence-electron chi connectivity index (χ4n) is 2.81. The zero-order valence-electron chi connectivity index (χ0n) is 14.8. The molecule has 1 N–H and O–H groups in total. The van der Waals surface area contributed by atoms with Gasteiger partial charge in [-0.15, -0.1) is 0 Å². The number of imidazole rings is 1. The summed E-state index contributed by atoms with van der Waals surface area (Å²) in [6.07, 6.45) is 0. The average molecular weight is 467 g/mol. The van der Waals surface area contributed by atoms with E-state index in [1.165, 1.54) is 7.11 Å². The Bertz CT molecular complexity index is 1070. The number of halogens is 1. The molecule has 0 radical (unpaired) electrons. The third-order valence-corrected chi connectivity index (χ3v) is 5.14. The highest BCUT2D eigenvalue weighted by Crippen LogP contribution is 2.31. The quantitative estimate of drug-likeness (QED) is 0.600. The second-order valence-corrected chi connectivity index (χ2v) is 6.91. The smallest absolute Gasteiger partial charge is 0.328 e. The number of nitrogens with one attached hydrogen (secondary N) is 1. The molecule has 3 aromatic rings. The molecule has 26 heavy (non-hydrogen) atoms. The van der Waals surface area contributed by atoms with E-state index in [2.05, 4.69) is 27.9 Å². The van der Waals surface area contributed by atoms with E-state index in [1.54, 1.807) is 54.6 Å². The number of aryl methyl sites for hydroxylation is 2. The number of anilines is 1. The van der Waals surface area contributed by atoms with Gasteiger partial charge in [-0.25, -0.2) is 4.79 Å². The van der Waals surface area contributed by atoms with Gasteiger partial charge < -0.3 is 14.8 Å². The molecule has 0 unspecified atom stereocenters. The van der Waals surface area contributed by atoms with Crippen molar-refractivity contribution >= 4 is 45.2 Å². The number of hydrogen-bond donors (Lipinski definition) is 1. The van der Waals surface area contributed by atoms with Crippen molar-refractivity contribution in [3.63, 3.8) is 0 Å². The Labute approximate surface area is 163 Å². The van der Waals surface area contributed by atoms with Crippen molar-refractivity contribution in [2.75, 3.05) is 19.5 Å². The van der Waals surface area contributed by atoms with Crippen LogP contribution in [0.5, 0.6) is 11.5 Å². The number of fused-ring (bicyclic) bond motifs is 1. The van der Waals surface area contributed by atoms with Crippen LogP contribution < -0.4 is 20.5 Å². The highest BCUT2D eigenvalue weighted by Gasteiger charge is 2.16. The molecule has 0 aliphatic carbocycles. The summed E-state index contributed by atoms with van der Waals surface area (Å²) in [5.41, 5.74) is 2.52. The minimum absolute atomic E-state index is 0.113. The SMILES string of the molecule is COc1cc(I)c(C(=O)Nc2ccc3c(c2)n(C)c(=O)n3C)cc1OC. The number of carbonyl (C=O) groups is 1. The van der Waals surface area contributed by atoms with Gasteiger partial charge in [-0.2, -0.15) is 0 Å². The molecule has 2 aromatic carbocycles. The Kier molecular flexibility index (Phi) is 4.94. The average Bonchev–Trinajstić information content (AvgIpc) is 2.85. The zero-order valence-corrected chi connectivity index (χ0v) is 16.9. The number of amides is 1. The van der Waals surface area contributed by atoms with Gasteiger partial charge in [-0.3, -0.25) is 13.9 Å². The molecule has 0 atom stereocenters. The van der Waals surface area contributed by atoms with Gasteiger partial charge in [0.25, 0.3) is 5.91 Å². The monoisotopic (exact) mass is 467 g/mol. The molecule has 0 saturated heterocycles. The van der Waals surface area contributed by atoms with Crippen molar-refractivity contribution in [1.29, 1.82) is 0 Å². The maximum atomic E-state index is 12.7. The summed E-state index contributed by atoms with van der Waals surface area (Å²) in [7, 11) is 6.49. The van der Waals surface area contributed by atoms with Crippen molar-refractivity contribution < 1.29 is 14.3 Å². The van der Waals surface area contributed by atoms with Crippen LogP contribution in [0.2, 0.25) is 0 Å². The van der Waals surface area contributed by atoms with Gasteiger partial charge in [0.05, 0.1) is 30.8 Å². The molecule has 1 amide bonds. The van der Waals surface area contributed by atoms with E-state index in [9.17, 15) is 9.59 Å². The zero-order chi connectivity index (χ0) is 19.0. The van der Waals surface area contributed by atoms with E-state index in [4.69, 9.17) is 9.47 Å². The minimum atomic E-state index is -0.268. The topological polar surface area (TPSA) is 74.5 Å². The summed E-state index contributed by atoms with van der Waals surface area (Å²) in [6.45, 7) is 0. The van der Waals surface area contributed by atoms with Crippen LogP contribution in [0.1, 0.15) is 10.4 Å². The van der Waals surface area contributed by atoms with Crippen LogP contribution in [0.3, 0.4) is 0 Å². The second-order valence-electron chi connectivity index (χ2n) is 5.75. The van der Waals surface area contributed by atoms with Gasteiger partial charge in [0.2, 0.25) is 0 Å². The molecule has 8 heteroatoms. The third kappa shape index (κ3) is 3.05. The van der Waals surface area contributed by atoms with Gasteiger partial charge in [0.15, 0.2) is 11.5 Å². The Balaban J connectivity index is 1.97. The Morgan fingerprint density at radius 2 is 1.62 bits per heavy atom. The fourth-order valence-corrected chi connectivity index (χ4v) is 3.49. The summed E-state index contributed by atoms with van der Waals surface area (Å²) >= 11 is 2.08. The number of methoxy groups -OCH3 is 2. The van der Waals surface area contributed by atoms with E-state index in [1.807, 2.05) is 6.07 Å². The van der Waals surface area contributed by atoms with E-state index < -0.39 is 0 Å². The van der Waals surface area contributed by atoms with Crippen molar-refractivity contribution in [1.82, 2.24) is 9.13 Å². The van der Waals surface area contributed by atoms with Crippen molar-refractivity contribution in [2.45, 2.75) is 0 Å². The predicted molar refractivity (Wildman–Crippen MR) is 108 cm³/mol. The number of hydrogen-bond acceptors (Lipinski definition) is 4. The van der Waals surface area contributed by atoms with Crippen LogP contribution in [0.4, 0.5) is 5.69 Å². The first-order valence-electron chi connectivity index (χ1n) is 7.75. The maximum Gasteiger partial charge on any atom is 0.328 e. The number of nitrogens with zero attached hydrogens (tertiary/aromatic N) is 2. The van der Waals surface area contributed by atoms with Crippen molar-refractivity contribution in [3.8, 4) is 11.5 Å². The van der Waals surface area contributed by atoms with Crippen molar-refractivity contribution in [3.05, 3.63) is 49.9 Å². The number of carbonyl (C=O) groups excluding carboxylic acids is 1. The van der Waals surface area contributed by atoms with E-state index in [0.717, 1.165) is 14.6 Å². The lowest BCUT2D eigenvalue weighted by molar-refractivity contribution is 0.102. The molecule has 0 saturated carbocycles. The summed E-state index contributed by atoms with van der Waals surface area (Å²) in [5.74, 6) is 0.781. The number of rotatable bonds is 4. The summed E-state index contributed by atoms with van der Waals surface area (Å²) in [6, 6.07) is 8.76. The summed E-state index contributed by atoms with van der Waals surface area (Å²) < 4.78 is 14.4. The third-order valence-electron chi connectivity index (χ3n) is 4.25. The van der Waals surface area contributed by atoms with Crippen molar-refractivity contribution in [2.24, 2.45) is 14.1 Å². The van der Waals surface area contributed by atoms with Crippen LogP contribution in [-0.4, -0.2) is 29.3 Å². The van der Waals surface area contributed by atoms with Gasteiger partial charge in [0, 0.05) is 23.4 Å². The summed E-state index contributed by atoms with van der Waals surface area (Å²) in [4.78, 5) is 24.7. The lowest BCUT2D eigenvalue weighted by atomic mass is 10.1. The first kappa shape index (κ1) is 18.3. The predicted octanol–water partition coefficient (Wildman–Crippen LogP) is 2.75. The highest BCUT2D eigenvalue weighted by molar-refractivity contribution is 14.1. The molecule has 7 nitrogen and oxygen atoms in total. The van der Waals surface area contributed by atoms with Gasteiger partial charge in [-0.05, 0) is 52.9 Å². The van der Waals surface area contributed by atoms with Gasteiger partial charge >= 0.3 is 5.69 Å². The highest BCUT2D eigenvalue weighted by atomic mass is 127. The molecule has 0 bridgehead atoms. The first-order chi connectivity index (χ1) is 12.4. The number of aromatic nitrogens is 2. The van der Waals surface area contributed by atoms with Crippen LogP contribution in [-0.2, 0) is 14.1 Å². The molecule has 136 valence electrons. The van der Waals surface area contributed by atoms with Crippen LogP contribution in [0.15, 0.2) is 35.1 Å². The number of ether oxygens (including phenoxy) is 2. The van der Waals surface area contributed by atoms with Gasteiger partial charge in [-0.1, -0.05) is 0 Å². The first-order valence-corrected chi connectivity index (χ1v) is 8.83. The molecule has 0 fully saturated rings. The van der Waals surface area contributed by atoms with Crippen LogP contribution in [0, 0.1) is 3.57 Å². The minimum Gasteiger partial charge on any atom is -0.493 e.